The Balaban J connectivity index is 1.43. The summed E-state index contributed by atoms with van der Waals surface area (Å²) in [4.78, 5) is 51.7. The van der Waals surface area contributed by atoms with Crippen LogP contribution in [0.1, 0.15) is 63.9 Å². The molecule has 2 amide bonds. The summed E-state index contributed by atoms with van der Waals surface area (Å²) in [7, 11) is 0. The number of hydrogen-bond acceptors (Lipinski definition) is 9. The van der Waals surface area contributed by atoms with Crippen molar-refractivity contribution in [3.05, 3.63) is 74.1 Å². The molecule has 1 aromatic heterocycles. The van der Waals surface area contributed by atoms with E-state index in [2.05, 4.69) is 38.7 Å². The zero-order valence-corrected chi connectivity index (χ0v) is 25.7. The van der Waals surface area contributed by atoms with Crippen LogP contribution in [0.5, 0.6) is 11.5 Å². The molecule has 10 nitrogen and oxygen atoms in total. The standard InChI is InChI=1S/C30H30BrN3O7S/c1-4-39-21-10-7-18(8-11-21)29(37)41-23-13-9-20(31)15-19(23)16-32-34-27(36)26(35)33-28-25(30(38)40-5-2)22-12-6-17(3)14-24(22)42-28/h7-11,13,15-17H,4-6,12,14H2,1-3H3,(H,33,35)(H,34,36). The van der Waals surface area contributed by atoms with Crippen molar-refractivity contribution in [2.24, 2.45) is 11.0 Å². The molecule has 0 aliphatic heterocycles. The number of hydrazone groups is 1. The van der Waals surface area contributed by atoms with Gasteiger partial charge in [0.05, 0.1) is 30.6 Å². The number of benzene rings is 2. The van der Waals surface area contributed by atoms with E-state index in [-0.39, 0.29) is 17.4 Å². The van der Waals surface area contributed by atoms with E-state index in [0.717, 1.165) is 23.3 Å². The highest BCUT2D eigenvalue weighted by Gasteiger charge is 2.30. The lowest BCUT2D eigenvalue weighted by atomic mass is 9.88. The molecule has 42 heavy (non-hydrogen) atoms. The highest BCUT2D eigenvalue weighted by molar-refractivity contribution is 9.10. The zero-order valence-electron chi connectivity index (χ0n) is 23.3. The number of anilines is 1. The van der Waals surface area contributed by atoms with Crippen LogP contribution in [0.3, 0.4) is 0 Å². The third kappa shape index (κ3) is 7.62. The maximum absolute atomic E-state index is 12.7. The quantitative estimate of drug-likeness (QED) is 0.102. The van der Waals surface area contributed by atoms with E-state index < -0.39 is 23.8 Å². The molecular weight excluding hydrogens is 626 g/mol. The van der Waals surface area contributed by atoms with Crippen molar-refractivity contribution >= 4 is 62.2 Å². The lowest BCUT2D eigenvalue weighted by molar-refractivity contribution is -0.136. The maximum atomic E-state index is 12.7. The molecule has 0 saturated heterocycles. The van der Waals surface area contributed by atoms with Gasteiger partial charge in [-0.2, -0.15) is 5.10 Å². The van der Waals surface area contributed by atoms with Crippen LogP contribution in [-0.2, 0) is 27.2 Å². The molecule has 2 aromatic carbocycles. The number of esters is 2. The average Bonchev–Trinajstić information content (AvgIpc) is 3.31. The zero-order chi connectivity index (χ0) is 30.2. The number of amides is 2. The monoisotopic (exact) mass is 655 g/mol. The first kappa shape index (κ1) is 30.9. The number of nitrogens with one attached hydrogen (secondary N) is 2. The number of nitrogens with zero attached hydrogens (tertiary/aromatic N) is 1. The molecule has 3 aromatic rings. The van der Waals surface area contributed by atoms with Gasteiger partial charge >= 0.3 is 23.8 Å². The minimum Gasteiger partial charge on any atom is -0.494 e. The smallest absolute Gasteiger partial charge is 0.343 e. The summed E-state index contributed by atoms with van der Waals surface area (Å²) in [6.45, 7) is 6.41. The molecule has 1 heterocycles. The Bertz CT molecular complexity index is 1520. The first-order valence-electron chi connectivity index (χ1n) is 13.4. The number of halogens is 1. The summed E-state index contributed by atoms with van der Waals surface area (Å²) in [5.41, 5.74) is 4.05. The van der Waals surface area contributed by atoms with Gasteiger partial charge in [0.25, 0.3) is 0 Å². The fraction of sp³-hybridized carbons (Fsp3) is 0.300. The van der Waals surface area contributed by atoms with Gasteiger partial charge in [-0.3, -0.25) is 9.59 Å². The Morgan fingerprint density at radius 3 is 2.52 bits per heavy atom. The Morgan fingerprint density at radius 1 is 1.05 bits per heavy atom. The normalized spacial score (nSPS) is 14.1. The van der Waals surface area contributed by atoms with Crippen LogP contribution in [0.15, 0.2) is 52.0 Å². The number of carbonyl (C=O) groups excluding carboxylic acids is 4. The number of carbonyl (C=O) groups is 4. The fourth-order valence-electron chi connectivity index (χ4n) is 4.35. The Morgan fingerprint density at radius 2 is 1.81 bits per heavy atom. The number of rotatable bonds is 9. The fourth-order valence-corrected chi connectivity index (χ4v) is 6.13. The highest BCUT2D eigenvalue weighted by atomic mass is 79.9. The molecular formula is C30H30BrN3O7S. The third-order valence-electron chi connectivity index (χ3n) is 6.37. The summed E-state index contributed by atoms with van der Waals surface area (Å²) in [5, 5.41) is 6.72. The minimum atomic E-state index is -1.04. The van der Waals surface area contributed by atoms with Crippen LogP contribution < -0.4 is 20.2 Å². The van der Waals surface area contributed by atoms with E-state index in [1.54, 1.807) is 49.4 Å². The Kier molecular flexibility index (Phi) is 10.5. The molecule has 220 valence electrons. The highest BCUT2D eigenvalue weighted by Crippen LogP contribution is 2.40. The number of thiophene rings is 1. The van der Waals surface area contributed by atoms with E-state index in [4.69, 9.17) is 14.2 Å². The van der Waals surface area contributed by atoms with E-state index in [0.29, 0.717) is 45.9 Å². The molecule has 1 aliphatic rings. The van der Waals surface area contributed by atoms with Crippen LogP contribution in [-0.4, -0.2) is 43.2 Å². The number of ether oxygens (including phenoxy) is 3. The summed E-state index contributed by atoms with van der Waals surface area (Å²) in [6, 6.07) is 11.4. The summed E-state index contributed by atoms with van der Waals surface area (Å²) in [5.74, 6) is -1.86. The Hall–Kier alpha value is -4.03. The van der Waals surface area contributed by atoms with E-state index >= 15 is 0 Å². The summed E-state index contributed by atoms with van der Waals surface area (Å²) in [6.07, 6.45) is 3.67. The summed E-state index contributed by atoms with van der Waals surface area (Å²) < 4.78 is 16.8. The van der Waals surface area contributed by atoms with Crippen molar-refractivity contribution in [1.29, 1.82) is 0 Å². The van der Waals surface area contributed by atoms with Crippen LogP contribution in [0.2, 0.25) is 0 Å². The molecule has 2 N–H and O–H groups in total. The SMILES string of the molecule is CCOC(=O)c1c(NC(=O)C(=O)NN=Cc2cc(Br)ccc2OC(=O)c2ccc(OCC)cc2)sc2c1CCC(C)C2. The van der Waals surface area contributed by atoms with Crippen molar-refractivity contribution in [3.8, 4) is 11.5 Å². The molecule has 0 fully saturated rings. The maximum Gasteiger partial charge on any atom is 0.343 e. The van der Waals surface area contributed by atoms with Crippen LogP contribution in [0.4, 0.5) is 5.00 Å². The topological polar surface area (TPSA) is 132 Å². The van der Waals surface area contributed by atoms with Gasteiger partial charge in [0.1, 0.15) is 16.5 Å². The van der Waals surface area contributed by atoms with E-state index in [1.807, 2.05) is 6.92 Å². The van der Waals surface area contributed by atoms with Crippen molar-refractivity contribution in [2.75, 3.05) is 18.5 Å². The number of fused-ring (bicyclic) bond motifs is 1. The predicted octanol–water partition coefficient (Wildman–Crippen LogP) is 5.52. The molecule has 4 rings (SSSR count). The van der Waals surface area contributed by atoms with Gasteiger partial charge < -0.3 is 19.5 Å². The van der Waals surface area contributed by atoms with Gasteiger partial charge in [0.2, 0.25) is 0 Å². The second-order valence-electron chi connectivity index (χ2n) is 9.46. The summed E-state index contributed by atoms with van der Waals surface area (Å²) >= 11 is 4.65. The van der Waals surface area contributed by atoms with Crippen molar-refractivity contribution < 1.29 is 33.4 Å². The average molecular weight is 657 g/mol. The van der Waals surface area contributed by atoms with Crippen LogP contribution >= 0.6 is 27.3 Å². The van der Waals surface area contributed by atoms with Gasteiger partial charge in [-0.1, -0.05) is 22.9 Å². The second-order valence-corrected chi connectivity index (χ2v) is 11.5. The van der Waals surface area contributed by atoms with Gasteiger partial charge in [-0.25, -0.2) is 15.0 Å². The van der Waals surface area contributed by atoms with Crippen LogP contribution in [0.25, 0.3) is 0 Å². The molecule has 0 bridgehead atoms. The minimum absolute atomic E-state index is 0.190. The predicted molar refractivity (Wildman–Crippen MR) is 163 cm³/mol. The first-order chi connectivity index (χ1) is 20.2. The van der Waals surface area contributed by atoms with Gasteiger partial charge in [0.15, 0.2) is 0 Å². The number of hydrogen-bond donors (Lipinski definition) is 2. The molecule has 1 atom stereocenters. The van der Waals surface area contributed by atoms with Gasteiger partial charge in [0, 0.05) is 14.9 Å². The molecule has 0 spiro atoms. The third-order valence-corrected chi connectivity index (χ3v) is 8.03. The molecule has 0 saturated carbocycles. The van der Waals surface area contributed by atoms with Crippen molar-refractivity contribution in [1.82, 2.24) is 5.43 Å². The molecule has 1 unspecified atom stereocenters. The largest absolute Gasteiger partial charge is 0.494 e. The van der Waals surface area contributed by atoms with E-state index in [1.165, 1.54) is 17.6 Å². The second kappa shape index (κ2) is 14.2. The van der Waals surface area contributed by atoms with E-state index in [9.17, 15) is 19.2 Å². The molecule has 12 heteroatoms. The first-order valence-corrected chi connectivity index (χ1v) is 15.0. The van der Waals surface area contributed by atoms with Crippen LogP contribution in [0, 0.1) is 5.92 Å². The molecule has 0 radical (unpaired) electrons. The Labute approximate surface area is 255 Å². The van der Waals surface area contributed by atoms with Crippen molar-refractivity contribution in [2.45, 2.75) is 40.0 Å². The van der Waals surface area contributed by atoms with Gasteiger partial charge in [-0.15, -0.1) is 11.3 Å². The molecule has 1 aliphatic carbocycles. The lowest BCUT2D eigenvalue weighted by Gasteiger charge is -2.18. The van der Waals surface area contributed by atoms with Gasteiger partial charge in [-0.05, 0) is 87.1 Å². The van der Waals surface area contributed by atoms with Crippen molar-refractivity contribution in [3.63, 3.8) is 0 Å². The lowest BCUT2D eigenvalue weighted by Crippen LogP contribution is -2.32.